The third kappa shape index (κ3) is 4.36. The molecule has 0 unspecified atom stereocenters. The van der Waals surface area contributed by atoms with E-state index in [0.717, 1.165) is 0 Å². The van der Waals surface area contributed by atoms with Crippen LogP contribution in [0.5, 0.6) is 17.2 Å². The molecule has 0 atom stereocenters. The Hall–Kier alpha value is -4.53. The second-order valence-electron chi connectivity index (χ2n) is 7.41. The first kappa shape index (κ1) is 22.7. The Balaban J connectivity index is 1.66. The summed E-state index contributed by atoms with van der Waals surface area (Å²) in [6.45, 7) is -0.182. The van der Waals surface area contributed by atoms with Crippen LogP contribution in [0.4, 0.5) is 17.1 Å². The second kappa shape index (κ2) is 9.53. The van der Waals surface area contributed by atoms with Gasteiger partial charge in [0.25, 0.3) is 11.8 Å². The van der Waals surface area contributed by atoms with Crippen LogP contribution >= 0.6 is 0 Å². The number of methoxy groups -OCH3 is 3. The highest BCUT2D eigenvalue weighted by Gasteiger charge is 2.30. The largest absolute Gasteiger partial charge is 0.493 e. The van der Waals surface area contributed by atoms with Crippen LogP contribution in [-0.2, 0) is 4.79 Å². The number of nitrogens with zero attached hydrogens (tertiary/aromatic N) is 1. The van der Waals surface area contributed by atoms with E-state index in [9.17, 15) is 14.4 Å². The van der Waals surface area contributed by atoms with Crippen molar-refractivity contribution in [1.29, 1.82) is 0 Å². The van der Waals surface area contributed by atoms with Gasteiger partial charge in [-0.3, -0.25) is 19.3 Å². The molecule has 3 amide bonds. The molecule has 174 valence electrons. The molecule has 4 rings (SSSR count). The van der Waals surface area contributed by atoms with E-state index in [1.165, 1.54) is 38.4 Å². The maximum absolute atomic E-state index is 13.4. The number of carbonyl (C=O) groups excluding carboxylic acids is 3. The molecule has 3 aromatic rings. The first-order chi connectivity index (χ1) is 16.4. The highest BCUT2D eigenvalue weighted by atomic mass is 16.5. The summed E-state index contributed by atoms with van der Waals surface area (Å²) in [6.07, 6.45) is 0. The Morgan fingerprint density at radius 1 is 0.882 bits per heavy atom. The lowest BCUT2D eigenvalue weighted by atomic mass is 10.1. The summed E-state index contributed by atoms with van der Waals surface area (Å²) < 4.78 is 16.0. The molecule has 1 aliphatic rings. The molecule has 3 aromatic carbocycles. The van der Waals surface area contributed by atoms with Crippen molar-refractivity contribution in [1.82, 2.24) is 0 Å². The summed E-state index contributed by atoms with van der Waals surface area (Å²) in [5, 5.41) is 5.54. The summed E-state index contributed by atoms with van der Waals surface area (Å²) in [7, 11) is 4.38. The third-order valence-electron chi connectivity index (χ3n) is 5.31. The van der Waals surface area contributed by atoms with Gasteiger partial charge in [0.1, 0.15) is 6.54 Å². The van der Waals surface area contributed by atoms with E-state index in [1.54, 1.807) is 30.3 Å². The number of hydrogen-bond acceptors (Lipinski definition) is 6. The molecular formula is C25H23N3O6. The molecule has 0 saturated carbocycles. The molecule has 0 aromatic heterocycles. The molecule has 2 N–H and O–H groups in total. The number of nitrogens with one attached hydrogen (secondary N) is 2. The molecule has 0 spiro atoms. The van der Waals surface area contributed by atoms with Crippen LogP contribution in [0.2, 0.25) is 0 Å². The summed E-state index contributed by atoms with van der Waals surface area (Å²) >= 11 is 0. The lowest BCUT2D eigenvalue weighted by molar-refractivity contribution is -0.115. The lowest BCUT2D eigenvalue weighted by Crippen LogP contribution is -2.42. The Kier molecular flexibility index (Phi) is 6.35. The molecule has 0 aliphatic carbocycles. The predicted molar refractivity (Wildman–Crippen MR) is 127 cm³/mol. The Morgan fingerprint density at radius 3 is 2.18 bits per heavy atom. The maximum Gasteiger partial charge on any atom is 0.259 e. The number of fused-ring (bicyclic) bond motifs is 1. The number of benzene rings is 3. The number of rotatable bonds is 6. The van der Waals surface area contributed by atoms with Gasteiger partial charge in [-0.1, -0.05) is 18.2 Å². The van der Waals surface area contributed by atoms with Crippen LogP contribution in [0, 0.1) is 0 Å². The van der Waals surface area contributed by atoms with E-state index >= 15 is 0 Å². The van der Waals surface area contributed by atoms with Crippen molar-refractivity contribution in [2.75, 3.05) is 43.4 Å². The molecule has 1 aliphatic heterocycles. The predicted octanol–water partition coefficient (Wildman–Crippen LogP) is 3.56. The molecule has 9 heteroatoms. The highest BCUT2D eigenvalue weighted by molar-refractivity contribution is 6.16. The van der Waals surface area contributed by atoms with Crippen molar-refractivity contribution in [3.8, 4) is 17.2 Å². The van der Waals surface area contributed by atoms with Crippen LogP contribution in [0.1, 0.15) is 20.7 Å². The van der Waals surface area contributed by atoms with Gasteiger partial charge in [0.2, 0.25) is 11.7 Å². The average Bonchev–Trinajstić information content (AvgIpc) is 2.86. The molecule has 0 saturated heterocycles. The molecule has 0 fully saturated rings. The van der Waals surface area contributed by atoms with E-state index in [-0.39, 0.29) is 23.9 Å². The molecule has 0 bridgehead atoms. The van der Waals surface area contributed by atoms with E-state index in [2.05, 4.69) is 10.6 Å². The zero-order valence-electron chi connectivity index (χ0n) is 18.9. The number of hydrogen-bond donors (Lipinski definition) is 2. The molecule has 34 heavy (non-hydrogen) atoms. The van der Waals surface area contributed by atoms with Crippen LogP contribution in [0.15, 0.2) is 60.7 Å². The zero-order chi connectivity index (χ0) is 24.2. The van der Waals surface area contributed by atoms with Crippen LogP contribution < -0.4 is 29.7 Å². The monoisotopic (exact) mass is 461 g/mol. The SMILES string of the molecule is COc1cc(C(=O)N2CC(=O)Nc3cc(C(=O)Nc4ccccc4)ccc32)cc(OC)c1OC. The van der Waals surface area contributed by atoms with Gasteiger partial charge in [-0.05, 0) is 42.5 Å². The van der Waals surface area contributed by atoms with Gasteiger partial charge in [0, 0.05) is 16.8 Å². The number of para-hydroxylation sites is 1. The third-order valence-corrected chi connectivity index (χ3v) is 5.31. The van der Waals surface area contributed by atoms with Gasteiger partial charge in [-0.2, -0.15) is 0 Å². The van der Waals surface area contributed by atoms with E-state index < -0.39 is 5.91 Å². The van der Waals surface area contributed by atoms with E-state index in [0.29, 0.717) is 39.9 Å². The Morgan fingerprint density at radius 2 is 1.56 bits per heavy atom. The first-order valence-electron chi connectivity index (χ1n) is 10.4. The Bertz CT molecular complexity index is 1230. The summed E-state index contributed by atoms with van der Waals surface area (Å²) in [5.41, 5.74) is 2.06. The fraction of sp³-hybridized carbons (Fsp3) is 0.160. The van der Waals surface area contributed by atoms with Crippen molar-refractivity contribution in [2.45, 2.75) is 0 Å². The maximum atomic E-state index is 13.4. The van der Waals surface area contributed by atoms with Crippen LogP contribution in [0.3, 0.4) is 0 Å². The van der Waals surface area contributed by atoms with Gasteiger partial charge in [0.05, 0.1) is 32.7 Å². The smallest absolute Gasteiger partial charge is 0.259 e. The number of ether oxygens (including phenoxy) is 3. The van der Waals surface area contributed by atoms with Crippen LogP contribution in [-0.4, -0.2) is 45.6 Å². The minimum absolute atomic E-state index is 0.182. The van der Waals surface area contributed by atoms with Gasteiger partial charge < -0.3 is 24.8 Å². The average molecular weight is 461 g/mol. The fourth-order valence-electron chi connectivity index (χ4n) is 3.70. The topological polar surface area (TPSA) is 106 Å². The summed E-state index contributed by atoms with van der Waals surface area (Å²) in [5.74, 6) is -0.158. The minimum Gasteiger partial charge on any atom is -0.493 e. The summed E-state index contributed by atoms with van der Waals surface area (Å²) in [6, 6.07) is 16.9. The first-order valence-corrected chi connectivity index (χ1v) is 10.4. The molecule has 0 radical (unpaired) electrons. The van der Waals surface area contributed by atoms with E-state index in [4.69, 9.17) is 14.2 Å². The minimum atomic E-state index is -0.433. The van der Waals surface area contributed by atoms with Gasteiger partial charge in [-0.25, -0.2) is 0 Å². The van der Waals surface area contributed by atoms with Crippen molar-refractivity contribution >= 4 is 34.8 Å². The standard InChI is InChI=1S/C25H23N3O6/c1-32-20-12-16(13-21(33-2)23(20)34-3)25(31)28-14-22(29)27-18-11-15(9-10-19(18)28)24(30)26-17-7-5-4-6-8-17/h4-13H,14H2,1-3H3,(H,26,30)(H,27,29). The Labute approximate surface area is 196 Å². The molecule has 1 heterocycles. The molecular weight excluding hydrogens is 438 g/mol. The number of anilines is 3. The van der Waals surface area contributed by atoms with Crippen molar-refractivity contribution < 1.29 is 28.6 Å². The van der Waals surface area contributed by atoms with Crippen molar-refractivity contribution in [3.63, 3.8) is 0 Å². The van der Waals surface area contributed by atoms with E-state index in [1.807, 2.05) is 18.2 Å². The lowest BCUT2D eigenvalue weighted by Gasteiger charge is -2.30. The normalized spacial score (nSPS) is 12.3. The fourth-order valence-corrected chi connectivity index (χ4v) is 3.70. The van der Waals surface area contributed by atoms with Crippen molar-refractivity contribution in [2.24, 2.45) is 0 Å². The zero-order valence-corrected chi connectivity index (χ0v) is 18.9. The van der Waals surface area contributed by atoms with Gasteiger partial charge >= 0.3 is 0 Å². The number of carbonyl (C=O) groups is 3. The van der Waals surface area contributed by atoms with Crippen LogP contribution in [0.25, 0.3) is 0 Å². The van der Waals surface area contributed by atoms with Gasteiger partial charge in [0.15, 0.2) is 11.5 Å². The second-order valence-corrected chi connectivity index (χ2v) is 7.41. The van der Waals surface area contributed by atoms with Crippen molar-refractivity contribution in [3.05, 3.63) is 71.8 Å². The quantitative estimate of drug-likeness (QED) is 0.581. The summed E-state index contributed by atoms with van der Waals surface area (Å²) in [4.78, 5) is 39.9. The number of amides is 3. The van der Waals surface area contributed by atoms with Gasteiger partial charge in [-0.15, -0.1) is 0 Å². The molecule has 9 nitrogen and oxygen atoms in total. The highest BCUT2D eigenvalue weighted by Crippen LogP contribution is 2.39.